The first-order valence-corrected chi connectivity index (χ1v) is 11.4. The van der Waals surface area contributed by atoms with Gasteiger partial charge in [-0.1, -0.05) is 42.8 Å². The van der Waals surface area contributed by atoms with Crippen molar-refractivity contribution < 1.29 is 14.2 Å². The van der Waals surface area contributed by atoms with Gasteiger partial charge in [-0.05, 0) is 42.7 Å². The molecule has 1 aliphatic heterocycles. The van der Waals surface area contributed by atoms with Gasteiger partial charge in [-0.25, -0.2) is 4.39 Å². The number of nitrogens with zero attached hydrogens (tertiary/aromatic N) is 2. The van der Waals surface area contributed by atoms with Crippen LogP contribution < -0.4 is 4.74 Å². The molecule has 1 saturated heterocycles. The molecule has 0 radical (unpaired) electrons. The number of halogens is 1. The smallest absolute Gasteiger partial charge is 0.129 e. The molecule has 32 heavy (non-hydrogen) atoms. The van der Waals surface area contributed by atoms with Crippen LogP contribution in [0.3, 0.4) is 0 Å². The number of hydrogen-bond acceptors (Lipinski definition) is 4. The molecule has 3 atom stereocenters. The lowest BCUT2D eigenvalue weighted by molar-refractivity contribution is -0.148. The number of hydrogen-bond donors (Lipinski definition) is 1. The number of piperidine rings is 1. The van der Waals surface area contributed by atoms with Crippen LogP contribution in [-0.2, 0) is 18.8 Å². The van der Waals surface area contributed by atoms with Crippen molar-refractivity contribution in [1.82, 2.24) is 9.88 Å². The molecule has 0 amide bonds. The lowest BCUT2D eigenvalue weighted by atomic mass is 9.63. The molecule has 1 aliphatic carbocycles. The minimum absolute atomic E-state index is 0.217. The zero-order valence-electron chi connectivity index (χ0n) is 18.2. The number of rotatable bonds is 6. The summed E-state index contributed by atoms with van der Waals surface area (Å²) < 4.78 is 19.5. The average Bonchev–Trinajstić information content (AvgIpc) is 2.81. The Labute approximate surface area is 188 Å². The lowest BCUT2D eigenvalue weighted by Gasteiger charge is -2.53. The SMILES string of the molecule is OC1(c2cccnc2)[C@@H]2CCC[C@H]1CN(Cc1ccc(OCc3ccccc3F)cc1)C2. The first-order chi connectivity index (χ1) is 15.6. The highest BCUT2D eigenvalue weighted by atomic mass is 19.1. The van der Waals surface area contributed by atoms with E-state index in [9.17, 15) is 9.50 Å². The van der Waals surface area contributed by atoms with E-state index in [0.717, 1.165) is 43.8 Å². The Balaban J connectivity index is 1.22. The Morgan fingerprint density at radius 2 is 1.75 bits per heavy atom. The number of benzene rings is 2. The highest BCUT2D eigenvalue weighted by Gasteiger charge is 2.51. The molecule has 2 fully saturated rings. The van der Waals surface area contributed by atoms with Crippen molar-refractivity contribution in [2.24, 2.45) is 11.8 Å². The monoisotopic (exact) mass is 432 g/mol. The molecule has 166 valence electrons. The number of ether oxygens (including phenoxy) is 1. The van der Waals surface area contributed by atoms with Crippen LogP contribution in [0.15, 0.2) is 73.1 Å². The Hall–Kier alpha value is -2.76. The highest BCUT2D eigenvalue weighted by molar-refractivity contribution is 5.29. The fourth-order valence-corrected chi connectivity index (χ4v) is 5.47. The molecular formula is C27H29FN2O2. The Morgan fingerprint density at radius 3 is 2.44 bits per heavy atom. The van der Waals surface area contributed by atoms with Crippen molar-refractivity contribution in [2.45, 2.75) is 38.0 Å². The molecular weight excluding hydrogens is 403 g/mol. The van der Waals surface area contributed by atoms with Crippen LogP contribution in [0.5, 0.6) is 5.75 Å². The summed E-state index contributed by atoms with van der Waals surface area (Å²) in [5.41, 5.74) is 1.96. The normalized spacial score (nSPS) is 25.4. The van der Waals surface area contributed by atoms with Gasteiger partial charge in [-0.3, -0.25) is 9.88 Å². The van der Waals surface area contributed by atoms with Crippen LogP contribution in [0.1, 0.15) is 36.0 Å². The molecule has 2 aromatic carbocycles. The number of likely N-dealkylation sites (tertiary alicyclic amines) is 1. The van der Waals surface area contributed by atoms with Gasteiger partial charge >= 0.3 is 0 Å². The highest BCUT2D eigenvalue weighted by Crippen LogP contribution is 2.49. The maximum atomic E-state index is 13.8. The molecule has 0 spiro atoms. The van der Waals surface area contributed by atoms with Crippen LogP contribution in [0.2, 0.25) is 0 Å². The number of aliphatic hydroxyl groups is 1. The van der Waals surface area contributed by atoms with E-state index in [1.54, 1.807) is 18.3 Å². The topological polar surface area (TPSA) is 45.6 Å². The number of pyridine rings is 1. The molecule has 3 aromatic rings. The summed E-state index contributed by atoms with van der Waals surface area (Å²) in [5, 5.41) is 11.7. The summed E-state index contributed by atoms with van der Waals surface area (Å²) >= 11 is 0. The van der Waals surface area contributed by atoms with Crippen LogP contribution in [0, 0.1) is 17.7 Å². The van der Waals surface area contributed by atoms with E-state index in [1.807, 2.05) is 36.5 Å². The molecule has 2 bridgehead atoms. The first-order valence-electron chi connectivity index (χ1n) is 11.4. The largest absolute Gasteiger partial charge is 0.489 e. The summed E-state index contributed by atoms with van der Waals surface area (Å²) in [6, 6.07) is 18.7. The van der Waals surface area contributed by atoms with Crippen molar-refractivity contribution in [3.8, 4) is 5.75 Å². The predicted octanol–water partition coefficient (Wildman–Crippen LogP) is 4.92. The third-order valence-electron chi connectivity index (χ3n) is 7.11. The summed E-state index contributed by atoms with van der Waals surface area (Å²) in [7, 11) is 0. The second-order valence-corrected chi connectivity index (χ2v) is 9.11. The molecule has 2 heterocycles. The Bertz CT molecular complexity index is 1030. The molecule has 1 unspecified atom stereocenters. The fourth-order valence-electron chi connectivity index (χ4n) is 5.47. The standard InChI is InChI=1S/C27H29FN2O2/c28-26-9-2-1-5-21(26)19-32-25-12-10-20(11-13-25)16-30-17-23-6-3-7-24(18-30)27(23,31)22-8-4-14-29-15-22/h1-2,4-5,8-15,23-24,31H,3,6-7,16-19H2/t23-,24+,27?. The molecule has 2 aliphatic rings. The molecule has 1 N–H and O–H groups in total. The predicted molar refractivity (Wildman–Crippen MR) is 121 cm³/mol. The fraction of sp³-hybridized carbons (Fsp3) is 0.370. The van der Waals surface area contributed by atoms with Crippen molar-refractivity contribution in [3.63, 3.8) is 0 Å². The summed E-state index contributed by atoms with van der Waals surface area (Å²) in [5.74, 6) is 0.939. The Kier molecular flexibility index (Phi) is 5.94. The molecule has 1 saturated carbocycles. The summed E-state index contributed by atoms with van der Waals surface area (Å²) in [4.78, 5) is 6.73. The molecule has 4 nitrogen and oxygen atoms in total. The van der Waals surface area contributed by atoms with Gasteiger partial charge in [-0.15, -0.1) is 0 Å². The van der Waals surface area contributed by atoms with E-state index in [4.69, 9.17) is 4.74 Å². The van der Waals surface area contributed by atoms with Crippen LogP contribution in [0.4, 0.5) is 4.39 Å². The quantitative estimate of drug-likeness (QED) is 0.601. The van der Waals surface area contributed by atoms with Gasteiger partial charge < -0.3 is 9.84 Å². The van der Waals surface area contributed by atoms with Crippen LogP contribution in [-0.4, -0.2) is 28.1 Å². The van der Waals surface area contributed by atoms with Gasteiger partial charge in [0.05, 0.1) is 5.60 Å². The Morgan fingerprint density at radius 1 is 1.00 bits per heavy atom. The van der Waals surface area contributed by atoms with Crippen molar-refractivity contribution >= 4 is 0 Å². The van der Waals surface area contributed by atoms with Crippen molar-refractivity contribution in [3.05, 3.63) is 95.6 Å². The summed E-state index contributed by atoms with van der Waals surface area (Å²) in [6.45, 7) is 2.83. The number of aromatic nitrogens is 1. The van der Waals surface area contributed by atoms with Gasteiger partial charge in [-0.2, -0.15) is 0 Å². The van der Waals surface area contributed by atoms with Crippen LogP contribution in [0.25, 0.3) is 0 Å². The van der Waals surface area contributed by atoms with E-state index < -0.39 is 5.60 Å². The van der Waals surface area contributed by atoms with E-state index in [0.29, 0.717) is 5.56 Å². The average molecular weight is 433 g/mol. The molecule has 1 aromatic heterocycles. The second kappa shape index (κ2) is 9.00. The van der Waals surface area contributed by atoms with Crippen LogP contribution >= 0.6 is 0 Å². The minimum atomic E-state index is -0.770. The van der Waals surface area contributed by atoms with Gasteiger partial charge in [0.15, 0.2) is 0 Å². The van der Waals surface area contributed by atoms with E-state index >= 15 is 0 Å². The zero-order chi connectivity index (χ0) is 22.0. The zero-order valence-corrected chi connectivity index (χ0v) is 18.2. The minimum Gasteiger partial charge on any atom is -0.489 e. The first kappa shape index (κ1) is 21.1. The van der Waals surface area contributed by atoms with Crippen molar-refractivity contribution in [1.29, 1.82) is 0 Å². The van der Waals surface area contributed by atoms with E-state index in [-0.39, 0.29) is 24.3 Å². The number of fused-ring (bicyclic) bond motifs is 2. The molecule has 5 rings (SSSR count). The summed E-state index contributed by atoms with van der Waals surface area (Å²) in [6.07, 6.45) is 6.87. The van der Waals surface area contributed by atoms with E-state index in [2.05, 4.69) is 22.0 Å². The molecule has 5 heteroatoms. The maximum Gasteiger partial charge on any atom is 0.129 e. The maximum absolute atomic E-state index is 13.8. The second-order valence-electron chi connectivity index (χ2n) is 9.11. The van der Waals surface area contributed by atoms with Gasteiger partial charge in [0.25, 0.3) is 0 Å². The van der Waals surface area contributed by atoms with Gasteiger partial charge in [0, 0.05) is 55.0 Å². The van der Waals surface area contributed by atoms with E-state index in [1.165, 1.54) is 18.1 Å². The van der Waals surface area contributed by atoms with Crippen molar-refractivity contribution in [2.75, 3.05) is 13.1 Å². The van der Waals surface area contributed by atoms with Gasteiger partial charge in [0.1, 0.15) is 18.2 Å². The third kappa shape index (κ3) is 4.15. The lowest BCUT2D eigenvalue weighted by Crippen LogP contribution is -2.57. The van der Waals surface area contributed by atoms with Gasteiger partial charge in [0.2, 0.25) is 0 Å². The third-order valence-corrected chi connectivity index (χ3v) is 7.11.